The summed E-state index contributed by atoms with van der Waals surface area (Å²) in [6.45, 7) is 1.47. The van der Waals surface area contributed by atoms with Crippen molar-refractivity contribution in [1.82, 2.24) is 0 Å². The molecule has 3 atom stereocenters. The van der Waals surface area contributed by atoms with Crippen molar-refractivity contribution in [1.29, 1.82) is 0 Å². The molecule has 0 bridgehead atoms. The van der Waals surface area contributed by atoms with E-state index in [1.807, 2.05) is 18.2 Å². The van der Waals surface area contributed by atoms with Crippen molar-refractivity contribution in [2.24, 2.45) is 0 Å². The summed E-state index contributed by atoms with van der Waals surface area (Å²) in [7, 11) is 0. The van der Waals surface area contributed by atoms with Crippen molar-refractivity contribution < 1.29 is 14.6 Å². The van der Waals surface area contributed by atoms with Crippen molar-refractivity contribution in [2.75, 3.05) is 13.2 Å². The van der Waals surface area contributed by atoms with E-state index in [9.17, 15) is 5.11 Å². The topological polar surface area (TPSA) is 38.7 Å². The summed E-state index contributed by atoms with van der Waals surface area (Å²) in [4.78, 5) is 0. The molecule has 2 aliphatic rings. The first kappa shape index (κ1) is 13.1. The van der Waals surface area contributed by atoms with Gasteiger partial charge in [-0.25, -0.2) is 0 Å². The summed E-state index contributed by atoms with van der Waals surface area (Å²) < 4.78 is 11.6. The third-order valence-electron chi connectivity index (χ3n) is 4.19. The summed E-state index contributed by atoms with van der Waals surface area (Å²) in [5, 5.41) is 10.4. The Balaban J connectivity index is 1.57. The highest BCUT2D eigenvalue weighted by atomic mass is 16.5. The Morgan fingerprint density at radius 3 is 2.95 bits per heavy atom. The molecule has 1 aliphatic carbocycles. The number of aliphatic hydroxyl groups excluding tert-OH is 1. The second-order valence-electron chi connectivity index (χ2n) is 5.54. The van der Waals surface area contributed by atoms with Crippen LogP contribution in [0.5, 0.6) is 0 Å². The van der Waals surface area contributed by atoms with E-state index in [1.54, 1.807) is 0 Å². The summed E-state index contributed by atoms with van der Waals surface area (Å²) in [6.07, 6.45) is 5.00. The lowest BCUT2D eigenvalue weighted by atomic mass is 9.87. The van der Waals surface area contributed by atoms with Crippen molar-refractivity contribution in [3.63, 3.8) is 0 Å². The number of hydrogen-bond donors (Lipinski definition) is 1. The van der Waals surface area contributed by atoms with E-state index in [1.165, 1.54) is 12.0 Å². The van der Waals surface area contributed by atoms with Crippen LogP contribution in [0.15, 0.2) is 24.3 Å². The quantitative estimate of drug-likeness (QED) is 0.910. The van der Waals surface area contributed by atoms with Gasteiger partial charge >= 0.3 is 0 Å². The van der Waals surface area contributed by atoms with E-state index in [0.29, 0.717) is 6.61 Å². The van der Waals surface area contributed by atoms with Gasteiger partial charge in [-0.05, 0) is 43.2 Å². The van der Waals surface area contributed by atoms with Crippen molar-refractivity contribution in [3.05, 3.63) is 35.4 Å². The maximum atomic E-state index is 10.4. The van der Waals surface area contributed by atoms with Gasteiger partial charge in [-0.1, -0.05) is 24.3 Å². The molecule has 3 rings (SSSR count). The minimum absolute atomic E-state index is 0.0829. The third kappa shape index (κ3) is 2.99. The molecule has 3 unspecified atom stereocenters. The van der Waals surface area contributed by atoms with Crippen LogP contribution in [0.2, 0.25) is 0 Å². The molecule has 1 saturated heterocycles. The molecule has 1 heterocycles. The second-order valence-corrected chi connectivity index (χ2v) is 5.54. The Kier molecular flexibility index (Phi) is 4.16. The molecule has 104 valence electrons. The first-order chi connectivity index (χ1) is 9.34. The first-order valence-corrected chi connectivity index (χ1v) is 7.33. The molecule has 1 N–H and O–H groups in total. The SMILES string of the molecule is OC1c2ccccc2CCC1OCC1CCCCO1. The van der Waals surface area contributed by atoms with Crippen LogP contribution in [0.4, 0.5) is 0 Å². The molecule has 0 radical (unpaired) electrons. The number of aliphatic hydroxyl groups is 1. The van der Waals surface area contributed by atoms with Crippen LogP contribution in [0.3, 0.4) is 0 Å². The van der Waals surface area contributed by atoms with Crippen LogP contribution in [0.1, 0.15) is 42.9 Å². The number of ether oxygens (including phenoxy) is 2. The maximum Gasteiger partial charge on any atom is 0.105 e. The van der Waals surface area contributed by atoms with E-state index in [4.69, 9.17) is 9.47 Å². The average Bonchev–Trinajstić information content (AvgIpc) is 2.48. The molecule has 0 amide bonds. The van der Waals surface area contributed by atoms with Gasteiger partial charge in [0.2, 0.25) is 0 Å². The lowest BCUT2D eigenvalue weighted by Crippen LogP contribution is -2.32. The van der Waals surface area contributed by atoms with Gasteiger partial charge in [0.15, 0.2) is 0 Å². The fourth-order valence-electron chi connectivity index (χ4n) is 3.05. The van der Waals surface area contributed by atoms with Gasteiger partial charge in [-0.3, -0.25) is 0 Å². The normalized spacial score (nSPS) is 30.9. The standard InChI is InChI=1S/C16H22O3/c17-16-14-7-2-1-5-12(14)8-9-15(16)19-11-13-6-3-4-10-18-13/h1-2,5,7,13,15-17H,3-4,6,8-11H2. The first-order valence-electron chi connectivity index (χ1n) is 7.33. The molecular formula is C16H22O3. The summed E-state index contributed by atoms with van der Waals surface area (Å²) in [5.41, 5.74) is 2.28. The van der Waals surface area contributed by atoms with E-state index in [2.05, 4.69) is 6.07 Å². The van der Waals surface area contributed by atoms with Crippen LogP contribution in [0, 0.1) is 0 Å². The monoisotopic (exact) mass is 262 g/mol. The largest absolute Gasteiger partial charge is 0.386 e. The molecule has 1 aromatic carbocycles. The summed E-state index contributed by atoms with van der Waals surface area (Å²) in [5.74, 6) is 0. The van der Waals surface area contributed by atoms with Crippen LogP contribution in [-0.4, -0.2) is 30.5 Å². The van der Waals surface area contributed by atoms with Gasteiger partial charge in [0.05, 0.1) is 18.8 Å². The molecule has 3 nitrogen and oxygen atoms in total. The van der Waals surface area contributed by atoms with E-state index >= 15 is 0 Å². The smallest absolute Gasteiger partial charge is 0.105 e. The second kappa shape index (κ2) is 6.04. The van der Waals surface area contributed by atoms with Gasteiger partial charge in [0, 0.05) is 6.61 Å². The Morgan fingerprint density at radius 1 is 1.21 bits per heavy atom. The molecule has 19 heavy (non-hydrogen) atoms. The van der Waals surface area contributed by atoms with E-state index in [0.717, 1.165) is 37.9 Å². The lowest BCUT2D eigenvalue weighted by Gasteiger charge is -2.32. The molecule has 1 aromatic rings. The van der Waals surface area contributed by atoms with Crippen LogP contribution in [-0.2, 0) is 15.9 Å². The fourth-order valence-corrected chi connectivity index (χ4v) is 3.05. The molecule has 0 spiro atoms. The van der Waals surface area contributed by atoms with Crippen molar-refractivity contribution in [3.8, 4) is 0 Å². The highest BCUT2D eigenvalue weighted by molar-refractivity contribution is 5.32. The van der Waals surface area contributed by atoms with Crippen LogP contribution < -0.4 is 0 Å². The Hall–Kier alpha value is -0.900. The number of hydrogen-bond acceptors (Lipinski definition) is 3. The molecular weight excluding hydrogens is 240 g/mol. The predicted molar refractivity (Wildman–Crippen MR) is 73.1 cm³/mol. The fraction of sp³-hybridized carbons (Fsp3) is 0.625. The van der Waals surface area contributed by atoms with Crippen LogP contribution in [0.25, 0.3) is 0 Å². The lowest BCUT2D eigenvalue weighted by molar-refractivity contribution is -0.0997. The van der Waals surface area contributed by atoms with E-state index < -0.39 is 6.10 Å². The van der Waals surface area contributed by atoms with Gasteiger partial charge < -0.3 is 14.6 Å². The van der Waals surface area contributed by atoms with Crippen molar-refractivity contribution >= 4 is 0 Å². The zero-order chi connectivity index (χ0) is 13.1. The van der Waals surface area contributed by atoms with Crippen molar-refractivity contribution in [2.45, 2.75) is 50.4 Å². The Bertz CT molecular complexity index is 412. The molecule has 0 aromatic heterocycles. The molecule has 1 aliphatic heterocycles. The highest BCUT2D eigenvalue weighted by Crippen LogP contribution is 2.32. The van der Waals surface area contributed by atoms with Gasteiger partial charge in [0.25, 0.3) is 0 Å². The number of aryl methyl sites for hydroxylation is 1. The van der Waals surface area contributed by atoms with Crippen LogP contribution >= 0.6 is 0 Å². The van der Waals surface area contributed by atoms with Gasteiger partial charge in [0.1, 0.15) is 6.10 Å². The highest BCUT2D eigenvalue weighted by Gasteiger charge is 2.29. The van der Waals surface area contributed by atoms with Gasteiger partial charge in [-0.15, -0.1) is 0 Å². The number of benzene rings is 1. The minimum atomic E-state index is -0.492. The minimum Gasteiger partial charge on any atom is -0.386 e. The summed E-state index contributed by atoms with van der Waals surface area (Å²) in [6, 6.07) is 8.11. The zero-order valence-electron chi connectivity index (χ0n) is 11.3. The molecule has 3 heteroatoms. The predicted octanol–water partition coefficient (Wildman–Crippen LogP) is 2.62. The Morgan fingerprint density at radius 2 is 2.11 bits per heavy atom. The molecule has 0 saturated carbocycles. The average molecular weight is 262 g/mol. The summed E-state index contributed by atoms with van der Waals surface area (Å²) >= 11 is 0. The number of fused-ring (bicyclic) bond motifs is 1. The van der Waals surface area contributed by atoms with E-state index in [-0.39, 0.29) is 12.2 Å². The number of rotatable bonds is 3. The third-order valence-corrected chi connectivity index (χ3v) is 4.19. The van der Waals surface area contributed by atoms with Gasteiger partial charge in [-0.2, -0.15) is 0 Å². The molecule has 1 fully saturated rings. The maximum absolute atomic E-state index is 10.4. The zero-order valence-corrected chi connectivity index (χ0v) is 11.3. The Labute approximate surface area is 114 Å².